The molecule has 0 aliphatic rings. The summed E-state index contributed by atoms with van der Waals surface area (Å²) in [5.41, 5.74) is 1.46. The van der Waals surface area contributed by atoms with Gasteiger partial charge in [0.25, 0.3) is 11.6 Å². The minimum Gasteiger partial charge on any atom is -0.322 e. The number of nitro groups is 1. The van der Waals surface area contributed by atoms with Crippen LogP contribution in [0.2, 0.25) is 0 Å². The Balaban J connectivity index is 2.28. The van der Waals surface area contributed by atoms with Gasteiger partial charge in [-0.2, -0.15) is 0 Å². The Bertz CT molecular complexity index is 638. The number of nitrogens with one attached hydrogen (secondary N) is 1. The molecule has 1 amide bonds. The van der Waals surface area contributed by atoms with E-state index < -0.39 is 10.8 Å². The maximum absolute atomic E-state index is 12.0. The average Bonchev–Trinajstić information content (AvgIpc) is 2.38. The molecule has 0 spiro atoms. The molecule has 0 heterocycles. The summed E-state index contributed by atoms with van der Waals surface area (Å²) in [6.45, 7) is 1.90. The van der Waals surface area contributed by atoms with Gasteiger partial charge in [-0.25, -0.2) is 0 Å². The first-order valence-corrected chi connectivity index (χ1v) is 5.69. The Kier molecular flexibility index (Phi) is 3.56. The number of amides is 1. The van der Waals surface area contributed by atoms with Crippen LogP contribution in [0.25, 0.3) is 0 Å². The van der Waals surface area contributed by atoms with E-state index in [-0.39, 0.29) is 11.3 Å². The summed E-state index contributed by atoms with van der Waals surface area (Å²) in [5, 5.41) is 13.5. The molecule has 0 aliphatic carbocycles. The summed E-state index contributed by atoms with van der Waals surface area (Å²) >= 11 is 0. The average molecular weight is 256 g/mol. The highest BCUT2D eigenvalue weighted by Gasteiger charge is 2.18. The number of benzene rings is 2. The molecule has 96 valence electrons. The van der Waals surface area contributed by atoms with Crippen molar-refractivity contribution in [1.29, 1.82) is 0 Å². The Hall–Kier alpha value is -2.69. The predicted octanol–water partition coefficient (Wildman–Crippen LogP) is 3.16. The molecular formula is C14H12N2O3. The van der Waals surface area contributed by atoms with Crippen molar-refractivity contribution in [2.45, 2.75) is 6.92 Å². The van der Waals surface area contributed by atoms with Gasteiger partial charge in [-0.1, -0.05) is 24.3 Å². The normalized spacial score (nSPS) is 9.95. The second-order valence-electron chi connectivity index (χ2n) is 4.10. The standard InChI is InChI=1S/C14H12N2O3/c1-10-5-4-6-11(9-10)15-14(17)12-7-2-3-8-13(12)16(18)19/h2-9H,1H3,(H,15,17). The third kappa shape index (κ3) is 2.95. The van der Waals surface area contributed by atoms with Crippen LogP contribution < -0.4 is 5.32 Å². The van der Waals surface area contributed by atoms with Crippen LogP contribution in [0.5, 0.6) is 0 Å². The molecule has 0 aromatic heterocycles. The molecule has 5 nitrogen and oxygen atoms in total. The van der Waals surface area contributed by atoms with Crippen molar-refractivity contribution in [2.24, 2.45) is 0 Å². The third-order valence-electron chi connectivity index (χ3n) is 2.62. The highest BCUT2D eigenvalue weighted by molar-refractivity contribution is 6.07. The second kappa shape index (κ2) is 5.30. The van der Waals surface area contributed by atoms with Crippen molar-refractivity contribution >= 4 is 17.3 Å². The van der Waals surface area contributed by atoms with Crippen molar-refractivity contribution < 1.29 is 9.72 Å². The van der Waals surface area contributed by atoms with Crippen molar-refractivity contribution in [3.63, 3.8) is 0 Å². The molecule has 1 N–H and O–H groups in total. The number of hydrogen-bond donors (Lipinski definition) is 1. The van der Waals surface area contributed by atoms with Crippen molar-refractivity contribution in [3.8, 4) is 0 Å². The van der Waals surface area contributed by atoms with Gasteiger partial charge in [0.15, 0.2) is 0 Å². The van der Waals surface area contributed by atoms with Gasteiger partial charge in [0.2, 0.25) is 0 Å². The number of carbonyl (C=O) groups excluding carboxylic acids is 1. The van der Waals surface area contributed by atoms with E-state index in [2.05, 4.69) is 5.32 Å². The molecule has 0 atom stereocenters. The van der Waals surface area contributed by atoms with Gasteiger partial charge in [-0.15, -0.1) is 0 Å². The zero-order chi connectivity index (χ0) is 13.8. The summed E-state index contributed by atoms with van der Waals surface area (Å²) in [4.78, 5) is 22.3. The minimum absolute atomic E-state index is 0.0500. The van der Waals surface area contributed by atoms with Crippen LogP contribution in [-0.4, -0.2) is 10.8 Å². The third-order valence-corrected chi connectivity index (χ3v) is 2.62. The Labute approximate surface area is 110 Å². The summed E-state index contributed by atoms with van der Waals surface area (Å²) in [6.07, 6.45) is 0. The maximum Gasteiger partial charge on any atom is 0.282 e. The monoisotopic (exact) mass is 256 g/mol. The van der Waals surface area contributed by atoms with Crippen LogP contribution >= 0.6 is 0 Å². The smallest absolute Gasteiger partial charge is 0.282 e. The molecule has 2 aromatic rings. The van der Waals surface area contributed by atoms with E-state index in [0.29, 0.717) is 5.69 Å². The molecule has 0 aliphatic heterocycles. The first-order chi connectivity index (χ1) is 9.08. The van der Waals surface area contributed by atoms with Crippen LogP contribution in [0, 0.1) is 17.0 Å². The molecule has 5 heteroatoms. The summed E-state index contributed by atoms with van der Waals surface area (Å²) in [5.74, 6) is -0.488. The first-order valence-electron chi connectivity index (χ1n) is 5.69. The van der Waals surface area contributed by atoms with E-state index in [9.17, 15) is 14.9 Å². The molecule has 0 saturated heterocycles. The van der Waals surface area contributed by atoms with Crippen molar-refractivity contribution in [2.75, 3.05) is 5.32 Å². The number of nitrogens with zero attached hydrogens (tertiary/aromatic N) is 1. The van der Waals surface area contributed by atoms with Crippen LogP contribution in [0.1, 0.15) is 15.9 Å². The van der Waals surface area contributed by atoms with Gasteiger partial charge >= 0.3 is 0 Å². The molecule has 0 saturated carbocycles. The fraction of sp³-hybridized carbons (Fsp3) is 0.0714. The summed E-state index contributed by atoms with van der Waals surface area (Å²) in [6, 6.07) is 13.1. The van der Waals surface area contributed by atoms with Crippen LogP contribution in [0.3, 0.4) is 0 Å². The number of carbonyl (C=O) groups is 1. The van der Waals surface area contributed by atoms with Gasteiger partial charge in [0.05, 0.1) is 4.92 Å². The fourth-order valence-corrected chi connectivity index (χ4v) is 1.75. The zero-order valence-corrected chi connectivity index (χ0v) is 10.3. The van der Waals surface area contributed by atoms with E-state index in [4.69, 9.17) is 0 Å². The van der Waals surface area contributed by atoms with Crippen molar-refractivity contribution in [3.05, 3.63) is 69.8 Å². The molecule has 0 radical (unpaired) electrons. The Morgan fingerprint density at radius 1 is 1.16 bits per heavy atom. The largest absolute Gasteiger partial charge is 0.322 e. The number of anilines is 1. The van der Waals surface area contributed by atoms with Gasteiger partial charge in [0.1, 0.15) is 5.56 Å². The number of aryl methyl sites for hydroxylation is 1. The van der Waals surface area contributed by atoms with Crippen LogP contribution in [-0.2, 0) is 0 Å². The van der Waals surface area contributed by atoms with Gasteiger partial charge in [-0.3, -0.25) is 14.9 Å². The molecule has 19 heavy (non-hydrogen) atoms. The Morgan fingerprint density at radius 3 is 2.58 bits per heavy atom. The molecule has 2 rings (SSSR count). The molecular weight excluding hydrogens is 244 g/mol. The Morgan fingerprint density at radius 2 is 1.89 bits per heavy atom. The lowest BCUT2D eigenvalue weighted by atomic mass is 10.1. The number of rotatable bonds is 3. The molecule has 0 unspecified atom stereocenters. The van der Waals surface area contributed by atoms with Gasteiger partial charge in [-0.05, 0) is 30.7 Å². The molecule has 2 aromatic carbocycles. The lowest BCUT2D eigenvalue weighted by Gasteiger charge is -2.06. The topological polar surface area (TPSA) is 72.2 Å². The van der Waals surface area contributed by atoms with Crippen LogP contribution in [0.4, 0.5) is 11.4 Å². The van der Waals surface area contributed by atoms with Crippen molar-refractivity contribution in [1.82, 2.24) is 0 Å². The first kappa shape index (κ1) is 12.8. The summed E-state index contributed by atoms with van der Waals surface area (Å²) < 4.78 is 0. The number of hydrogen-bond acceptors (Lipinski definition) is 3. The van der Waals surface area contributed by atoms with E-state index in [0.717, 1.165) is 5.56 Å². The number of para-hydroxylation sites is 1. The quantitative estimate of drug-likeness (QED) is 0.677. The molecule has 0 fully saturated rings. The fourth-order valence-electron chi connectivity index (χ4n) is 1.75. The lowest BCUT2D eigenvalue weighted by molar-refractivity contribution is -0.385. The van der Waals surface area contributed by atoms with Crippen LogP contribution in [0.15, 0.2) is 48.5 Å². The van der Waals surface area contributed by atoms with E-state index >= 15 is 0 Å². The van der Waals surface area contributed by atoms with E-state index in [1.807, 2.05) is 19.1 Å². The van der Waals surface area contributed by atoms with Gasteiger partial charge in [0, 0.05) is 11.8 Å². The second-order valence-corrected chi connectivity index (χ2v) is 4.10. The minimum atomic E-state index is -0.564. The SMILES string of the molecule is Cc1cccc(NC(=O)c2ccccc2[N+](=O)[O-])c1. The number of nitro benzene ring substituents is 1. The van der Waals surface area contributed by atoms with Gasteiger partial charge < -0.3 is 5.32 Å². The highest BCUT2D eigenvalue weighted by Crippen LogP contribution is 2.19. The highest BCUT2D eigenvalue weighted by atomic mass is 16.6. The van der Waals surface area contributed by atoms with E-state index in [1.54, 1.807) is 18.2 Å². The predicted molar refractivity (Wildman–Crippen MR) is 72.2 cm³/mol. The summed E-state index contributed by atoms with van der Waals surface area (Å²) in [7, 11) is 0. The van der Waals surface area contributed by atoms with E-state index in [1.165, 1.54) is 18.2 Å². The molecule has 0 bridgehead atoms. The zero-order valence-electron chi connectivity index (χ0n) is 10.3. The lowest BCUT2D eigenvalue weighted by Crippen LogP contribution is -2.13. The maximum atomic E-state index is 12.0.